The molecule has 124 valence electrons. The van der Waals surface area contributed by atoms with Gasteiger partial charge in [-0.15, -0.1) is 0 Å². The molecule has 1 aromatic carbocycles. The van der Waals surface area contributed by atoms with E-state index in [4.69, 9.17) is 4.98 Å². The molecule has 1 heterocycles. The Morgan fingerprint density at radius 3 is 2.78 bits per heavy atom. The number of aromatic nitrogens is 2. The zero-order chi connectivity index (χ0) is 16.6. The highest BCUT2D eigenvalue weighted by atomic mass is 16.3. The van der Waals surface area contributed by atoms with Crippen LogP contribution in [0, 0.1) is 5.92 Å². The third kappa shape index (κ3) is 3.39. The summed E-state index contributed by atoms with van der Waals surface area (Å²) in [5.41, 5.74) is 1.04. The molecular formula is C18H25N3O2. The summed E-state index contributed by atoms with van der Waals surface area (Å²) >= 11 is 0. The molecular weight excluding hydrogens is 290 g/mol. The quantitative estimate of drug-likeness (QED) is 0.860. The Bertz CT molecular complexity index is 714. The summed E-state index contributed by atoms with van der Waals surface area (Å²) < 4.78 is 2.02. The average Bonchev–Trinajstić information content (AvgIpc) is 3.29. The van der Waals surface area contributed by atoms with Crippen molar-refractivity contribution in [2.75, 3.05) is 6.54 Å². The van der Waals surface area contributed by atoms with E-state index in [1.807, 2.05) is 42.7 Å². The number of benzene rings is 1. The number of nitrogens with zero attached hydrogens (tertiary/aromatic N) is 2. The monoisotopic (exact) mass is 315 g/mol. The van der Waals surface area contributed by atoms with Gasteiger partial charge in [0.1, 0.15) is 12.4 Å². The molecule has 0 spiro atoms. The number of hydrogen-bond acceptors (Lipinski definition) is 3. The Labute approximate surface area is 136 Å². The summed E-state index contributed by atoms with van der Waals surface area (Å²) in [4.78, 5) is 17.0. The Morgan fingerprint density at radius 2 is 2.13 bits per heavy atom. The number of amides is 1. The van der Waals surface area contributed by atoms with E-state index in [0.29, 0.717) is 5.92 Å². The average molecular weight is 315 g/mol. The number of carbonyl (C=O) groups is 1. The van der Waals surface area contributed by atoms with Crippen molar-refractivity contribution in [3.8, 4) is 0 Å². The molecule has 5 nitrogen and oxygen atoms in total. The zero-order valence-electron chi connectivity index (χ0n) is 14.0. The maximum Gasteiger partial charge on any atom is 0.240 e. The summed E-state index contributed by atoms with van der Waals surface area (Å²) in [7, 11) is 0. The molecule has 1 aliphatic rings. The van der Waals surface area contributed by atoms with Crippen molar-refractivity contribution in [1.29, 1.82) is 0 Å². The Hall–Kier alpha value is -1.88. The van der Waals surface area contributed by atoms with Crippen LogP contribution < -0.4 is 5.32 Å². The van der Waals surface area contributed by atoms with E-state index in [0.717, 1.165) is 29.7 Å². The molecule has 1 amide bonds. The number of para-hydroxylation sites is 2. The molecule has 23 heavy (non-hydrogen) atoms. The molecule has 0 saturated heterocycles. The smallest absolute Gasteiger partial charge is 0.240 e. The third-order valence-electron chi connectivity index (χ3n) is 4.82. The summed E-state index contributed by atoms with van der Waals surface area (Å²) in [6, 6.07) is 7.93. The minimum atomic E-state index is -0.897. The lowest BCUT2D eigenvalue weighted by Gasteiger charge is -2.27. The van der Waals surface area contributed by atoms with Crippen LogP contribution in [-0.4, -0.2) is 32.7 Å². The molecule has 1 aromatic heterocycles. The first kappa shape index (κ1) is 16.0. The van der Waals surface area contributed by atoms with E-state index in [9.17, 15) is 9.90 Å². The second-order valence-electron chi connectivity index (χ2n) is 7.11. The zero-order valence-corrected chi connectivity index (χ0v) is 14.0. The summed E-state index contributed by atoms with van der Waals surface area (Å²) in [5, 5.41) is 13.1. The predicted octanol–water partition coefficient (Wildman–Crippen LogP) is 2.44. The number of aliphatic hydroxyl groups is 1. The summed E-state index contributed by atoms with van der Waals surface area (Å²) in [5.74, 6) is 1.49. The van der Waals surface area contributed by atoms with Gasteiger partial charge in [-0.1, -0.05) is 26.0 Å². The number of imidazole rings is 1. The minimum absolute atomic E-state index is 0.0823. The topological polar surface area (TPSA) is 67.2 Å². The van der Waals surface area contributed by atoms with Crippen LogP contribution in [0.4, 0.5) is 0 Å². The van der Waals surface area contributed by atoms with Crippen LogP contribution in [0.15, 0.2) is 24.3 Å². The van der Waals surface area contributed by atoms with Gasteiger partial charge in [0.05, 0.1) is 16.6 Å². The molecule has 3 rings (SSSR count). The van der Waals surface area contributed by atoms with Crippen LogP contribution in [-0.2, 0) is 11.3 Å². The Morgan fingerprint density at radius 1 is 1.43 bits per heavy atom. The van der Waals surface area contributed by atoms with Crippen LogP contribution in [0.25, 0.3) is 11.0 Å². The highest BCUT2D eigenvalue weighted by Gasteiger charge is 2.30. The fourth-order valence-corrected chi connectivity index (χ4v) is 2.59. The van der Waals surface area contributed by atoms with Crippen LogP contribution >= 0.6 is 0 Å². The van der Waals surface area contributed by atoms with Crippen LogP contribution in [0.3, 0.4) is 0 Å². The molecule has 0 radical (unpaired) electrons. The van der Waals surface area contributed by atoms with E-state index in [-0.39, 0.29) is 24.9 Å². The van der Waals surface area contributed by atoms with E-state index in [1.165, 1.54) is 0 Å². The van der Waals surface area contributed by atoms with Crippen molar-refractivity contribution in [2.45, 2.75) is 51.7 Å². The minimum Gasteiger partial charge on any atom is -0.388 e. The molecule has 0 bridgehead atoms. The van der Waals surface area contributed by atoms with E-state index in [1.54, 1.807) is 6.92 Å². The molecule has 1 atom stereocenters. The van der Waals surface area contributed by atoms with Gasteiger partial charge in [0, 0.05) is 12.5 Å². The first-order valence-corrected chi connectivity index (χ1v) is 8.32. The number of carbonyl (C=O) groups excluding carboxylic acids is 1. The van der Waals surface area contributed by atoms with Crippen molar-refractivity contribution >= 4 is 16.9 Å². The molecule has 1 aliphatic carbocycles. The summed E-state index contributed by atoms with van der Waals surface area (Å²) in [6.45, 7) is 6.15. The lowest BCUT2D eigenvalue weighted by Crippen LogP contribution is -2.45. The standard InChI is InChI=1S/C18H25N3O2/c1-12(2)18(3,23)11-19-16(22)10-21-15-7-5-4-6-14(15)20-17(21)13-8-9-13/h4-7,12-13,23H,8-11H2,1-3H3,(H,19,22). The number of fused-ring (bicyclic) bond motifs is 1. The van der Waals surface area contributed by atoms with Crippen LogP contribution in [0.5, 0.6) is 0 Å². The largest absolute Gasteiger partial charge is 0.388 e. The molecule has 5 heteroatoms. The summed E-state index contributed by atoms with van der Waals surface area (Å²) in [6.07, 6.45) is 2.29. The second kappa shape index (κ2) is 5.96. The fraction of sp³-hybridized carbons (Fsp3) is 0.556. The van der Waals surface area contributed by atoms with Gasteiger partial charge in [-0.05, 0) is 37.8 Å². The molecule has 2 N–H and O–H groups in total. The van der Waals surface area contributed by atoms with Crippen molar-refractivity contribution < 1.29 is 9.90 Å². The van der Waals surface area contributed by atoms with Crippen molar-refractivity contribution in [3.63, 3.8) is 0 Å². The van der Waals surface area contributed by atoms with Gasteiger partial charge in [0.25, 0.3) is 0 Å². The second-order valence-corrected chi connectivity index (χ2v) is 7.11. The molecule has 1 saturated carbocycles. The van der Waals surface area contributed by atoms with Crippen molar-refractivity contribution in [3.05, 3.63) is 30.1 Å². The maximum absolute atomic E-state index is 12.3. The van der Waals surface area contributed by atoms with Gasteiger partial charge in [0.15, 0.2) is 0 Å². The van der Waals surface area contributed by atoms with Crippen LogP contribution in [0.1, 0.15) is 45.4 Å². The SMILES string of the molecule is CC(C)C(C)(O)CNC(=O)Cn1c(C2CC2)nc2ccccc21. The van der Waals surface area contributed by atoms with Gasteiger partial charge in [-0.25, -0.2) is 4.98 Å². The van der Waals surface area contributed by atoms with Crippen LogP contribution in [0.2, 0.25) is 0 Å². The maximum atomic E-state index is 12.3. The highest BCUT2D eigenvalue weighted by molar-refractivity contribution is 5.81. The first-order valence-electron chi connectivity index (χ1n) is 8.32. The lowest BCUT2D eigenvalue weighted by molar-refractivity contribution is -0.123. The van der Waals surface area contributed by atoms with Gasteiger partial charge < -0.3 is 15.0 Å². The predicted molar refractivity (Wildman–Crippen MR) is 90.2 cm³/mol. The molecule has 1 unspecified atom stereocenters. The van der Waals surface area contributed by atoms with Gasteiger partial charge in [0.2, 0.25) is 5.91 Å². The molecule has 0 aliphatic heterocycles. The third-order valence-corrected chi connectivity index (χ3v) is 4.82. The number of hydrogen-bond donors (Lipinski definition) is 2. The Balaban J connectivity index is 1.76. The van der Waals surface area contributed by atoms with Gasteiger partial charge in [-0.2, -0.15) is 0 Å². The Kier molecular flexibility index (Phi) is 4.15. The van der Waals surface area contributed by atoms with Crippen molar-refractivity contribution in [2.24, 2.45) is 5.92 Å². The molecule has 1 fully saturated rings. The fourth-order valence-electron chi connectivity index (χ4n) is 2.59. The molecule has 2 aromatic rings. The van der Waals surface area contributed by atoms with Gasteiger partial charge in [-0.3, -0.25) is 4.79 Å². The van der Waals surface area contributed by atoms with Crippen molar-refractivity contribution in [1.82, 2.24) is 14.9 Å². The normalized spacial score (nSPS) is 17.4. The highest BCUT2D eigenvalue weighted by Crippen LogP contribution is 2.40. The number of rotatable bonds is 6. The number of nitrogens with one attached hydrogen (secondary N) is 1. The van der Waals surface area contributed by atoms with Gasteiger partial charge >= 0.3 is 0 Å². The lowest BCUT2D eigenvalue weighted by atomic mass is 9.92. The first-order chi connectivity index (χ1) is 10.9. The van der Waals surface area contributed by atoms with E-state index >= 15 is 0 Å². The van der Waals surface area contributed by atoms with E-state index < -0.39 is 5.60 Å². The van der Waals surface area contributed by atoms with E-state index in [2.05, 4.69) is 5.32 Å².